The molecular weight excluding hydrogens is 611 g/mol. The summed E-state index contributed by atoms with van der Waals surface area (Å²) in [4.78, 5) is 53.9. The first kappa shape index (κ1) is 31.7. The number of aliphatic carboxylic acids is 1. The Kier molecular flexibility index (Phi) is 10.5. The third-order valence-corrected chi connectivity index (χ3v) is 9.46. The zero-order valence-corrected chi connectivity index (χ0v) is 26.0. The quantitative estimate of drug-likeness (QED) is 0.101. The van der Waals surface area contributed by atoms with Crippen LogP contribution < -0.4 is 10.6 Å². The van der Waals surface area contributed by atoms with Crippen molar-refractivity contribution in [3.8, 4) is 0 Å². The van der Waals surface area contributed by atoms with Gasteiger partial charge in [-0.1, -0.05) is 66.7 Å². The summed E-state index contributed by atoms with van der Waals surface area (Å²) in [5.41, 5.74) is 3.74. The highest BCUT2D eigenvalue weighted by molar-refractivity contribution is 8.00. The van der Waals surface area contributed by atoms with Gasteiger partial charge < -0.3 is 20.5 Å². The minimum atomic E-state index is -1.22. The second-order valence-electron chi connectivity index (χ2n) is 10.2. The number of nitrogens with one attached hydrogen (secondary N) is 2. The van der Waals surface area contributed by atoms with Gasteiger partial charge >= 0.3 is 11.9 Å². The van der Waals surface area contributed by atoms with E-state index in [2.05, 4.69) is 27.7 Å². The average Bonchev–Trinajstić information content (AvgIpc) is 3.40. The Labute approximate surface area is 268 Å². The largest absolute Gasteiger partial charge is 0.478 e. The number of carbonyl (C=O) groups is 4. The van der Waals surface area contributed by atoms with E-state index in [0.717, 1.165) is 41.2 Å². The van der Waals surface area contributed by atoms with Crippen molar-refractivity contribution in [3.63, 3.8) is 0 Å². The van der Waals surface area contributed by atoms with Gasteiger partial charge in [0.15, 0.2) is 0 Å². The molecule has 9 nitrogen and oxygen atoms in total. The summed E-state index contributed by atoms with van der Waals surface area (Å²) in [5, 5.41) is 14.2. The summed E-state index contributed by atoms with van der Waals surface area (Å²) in [6, 6.07) is 26.5. The first-order valence-corrected chi connectivity index (χ1v) is 15.8. The number of nitrogens with zero attached hydrogens (tertiary/aromatic N) is 1. The van der Waals surface area contributed by atoms with Gasteiger partial charge in [-0.05, 0) is 41.3 Å². The number of esters is 1. The van der Waals surface area contributed by atoms with Gasteiger partial charge in [0.05, 0.1) is 12.7 Å². The van der Waals surface area contributed by atoms with Crippen LogP contribution in [0.15, 0.2) is 102 Å². The number of rotatable bonds is 11. The first-order chi connectivity index (χ1) is 21.8. The summed E-state index contributed by atoms with van der Waals surface area (Å²) in [5.74, 6) is -2.60. The topological polar surface area (TPSA) is 125 Å². The number of thiophene rings is 1. The molecule has 3 N–H and O–H groups in total. The van der Waals surface area contributed by atoms with Crippen molar-refractivity contribution in [2.75, 3.05) is 24.3 Å². The van der Waals surface area contributed by atoms with Crippen LogP contribution in [0.25, 0.3) is 0 Å². The van der Waals surface area contributed by atoms with E-state index in [0.29, 0.717) is 34.1 Å². The number of carboxylic acids is 1. The van der Waals surface area contributed by atoms with Crippen LogP contribution in [0.1, 0.15) is 37.2 Å². The van der Waals surface area contributed by atoms with Crippen molar-refractivity contribution in [2.45, 2.75) is 29.7 Å². The molecule has 2 amide bonds. The molecule has 0 saturated heterocycles. The number of carboxylic acid groups (broad SMARTS) is 1. The minimum Gasteiger partial charge on any atom is -0.478 e. The van der Waals surface area contributed by atoms with Crippen LogP contribution in [0.5, 0.6) is 0 Å². The summed E-state index contributed by atoms with van der Waals surface area (Å²) in [7, 11) is 1.34. The van der Waals surface area contributed by atoms with Gasteiger partial charge in [-0.25, -0.2) is 9.59 Å². The molecule has 3 aromatic carbocycles. The second kappa shape index (κ2) is 14.8. The van der Waals surface area contributed by atoms with Crippen molar-refractivity contribution < 1.29 is 29.0 Å². The number of fused-ring (bicyclic) bond motifs is 1. The van der Waals surface area contributed by atoms with Crippen molar-refractivity contribution >= 4 is 57.5 Å². The summed E-state index contributed by atoms with van der Waals surface area (Å²) >= 11 is 2.69. The van der Waals surface area contributed by atoms with Crippen LogP contribution in [0, 0.1) is 0 Å². The van der Waals surface area contributed by atoms with Gasteiger partial charge in [0.2, 0.25) is 11.8 Å². The highest BCUT2D eigenvalue weighted by Crippen LogP contribution is 2.41. The van der Waals surface area contributed by atoms with Crippen LogP contribution >= 0.6 is 23.1 Å². The average molecular weight is 642 g/mol. The molecule has 5 rings (SSSR count). The van der Waals surface area contributed by atoms with Crippen LogP contribution in [0.4, 0.5) is 10.7 Å². The molecule has 0 aliphatic carbocycles. The smallest absolute Gasteiger partial charge is 0.341 e. The lowest BCUT2D eigenvalue weighted by molar-refractivity contribution is -0.131. The third kappa shape index (κ3) is 8.27. The van der Waals surface area contributed by atoms with Crippen molar-refractivity contribution in [2.24, 2.45) is 0 Å². The van der Waals surface area contributed by atoms with Crippen molar-refractivity contribution in [3.05, 3.63) is 124 Å². The number of thioether (sulfide) groups is 1. The number of ether oxygens (including phenoxy) is 1. The minimum absolute atomic E-state index is 0.310. The van der Waals surface area contributed by atoms with Gasteiger partial charge in [0, 0.05) is 47.2 Å². The van der Waals surface area contributed by atoms with Gasteiger partial charge in [-0.15, -0.1) is 23.1 Å². The summed E-state index contributed by atoms with van der Waals surface area (Å²) in [6.07, 6.45) is 2.36. The molecule has 0 fully saturated rings. The van der Waals surface area contributed by atoms with E-state index >= 15 is 0 Å². The fourth-order valence-electron chi connectivity index (χ4n) is 5.03. The van der Waals surface area contributed by atoms with E-state index in [4.69, 9.17) is 9.84 Å². The number of anilines is 2. The van der Waals surface area contributed by atoms with Gasteiger partial charge in [0.1, 0.15) is 10.3 Å². The van der Waals surface area contributed by atoms with Crippen LogP contribution in [-0.2, 0) is 38.6 Å². The first-order valence-electron chi connectivity index (χ1n) is 14.1. The fraction of sp³-hybridized carbons (Fsp3) is 0.176. The van der Waals surface area contributed by atoms with Gasteiger partial charge in [-0.3, -0.25) is 14.5 Å². The monoisotopic (exact) mass is 641 g/mol. The molecule has 1 aliphatic rings. The molecule has 1 aromatic heterocycles. The van der Waals surface area contributed by atoms with E-state index in [1.807, 2.05) is 54.6 Å². The molecule has 0 bridgehead atoms. The number of carbonyl (C=O) groups excluding carboxylic acids is 3. The van der Waals surface area contributed by atoms with E-state index in [-0.39, 0.29) is 5.91 Å². The number of hydrogen-bond acceptors (Lipinski definition) is 8. The lowest BCUT2D eigenvalue weighted by Gasteiger charge is -2.27. The molecular formula is C34H31N3O6S2. The zero-order valence-electron chi connectivity index (χ0n) is 24.4. The predicted molar refractivity (Wildman–Crippen MR) is 175 cm³/mol. The maximum absolute atomic E-state index is 14.0. The van der Waals surface area contributed by atoms with E-state index in [1.165, 1.54) is 35.8 Å². The molecule has 230 valence electrons. The maximum Gasteiger partial charge on any atom is 0.341 e. The normalized spacial score (nSPS) is 13.5. The van der Waals surface area contributed by atoms with Crippen LogP contribution in [0.3, 0.4) is 0 Å². The van der Waals surface area contributed by atoms with E-state index < -0.39 is 23.1 Å². The highest BCUT2D eigenvalue weighted by Gasteiger charge is 2.31. The molecule has 0 radical (unpaired) electrons. The van der Waals surface area contributed by atoms with Crippen LogP contribution in [0.2, 0.25) is 0 Å². The Morgan fingerprint density at radius 3 is 2.42 bits per heavy atom. The molecule has 1 atom stereocenters. The Bertz CT molecular complexity index is 1720. The zero-order chi connectivity index (χ0) is 31.8. The van der Waals surface area contributed by atoms with E-state index in [9.17, 15) is 19.2 Å². The SMILES string of the molecule is COC(=O)c1c(NC(=O)C(Sc2cccc(NC(=O)/C=C/C(=O)O)c2)c2ccccc2)sc2c1CCN(Cc1ccccc1)C2. The van der Waals surface area contributed by atoms with E-state index in [1.54, 1.807) is 18.2 Å². The molecule has 0 saturated carbocycles. The Hall–Kier alpha value is -4.71. The summed E-state index contributed by atoms with van der Waals surface area (Å²) in [6.45, 7) is 2.22. The second-order valence-corrected chi connectivity index (χ2v) is 12.5. The van der Waals surface area contributed by atoms with Gasteiger partial charge in [0.25, 0.3) is 0 Å². The molecule has 0 spiro atoms. The van der Waals surface area contributed by atoms with Gasteiger partial charge in [-0.2, -0.15) is 0 Å². The number of methoxy groups -OCH3 is 1. The molecule has 2 heterocycles. The molecule has 11 heteroatoms. The Morgan fingerprint density at radius 2 is 1.71 bits per heavy atom. The highest BCUT2D eigenvalue weighted by atomic mass is 32.2. The number of hydrogen-bond donors (Lipinski definition) is 3. The standard InChI is InChI=1S/C34H31N3O6S2/c1-43-34(42)30-26-17-18-37(20-22-9-4-2-5-10-22)21-27(26)45-33(30)36-32(41)31(23-11-6-3-7-12-23)44-25-14-8-13-24(19-25)35-28(38)15-16-29(39)40/h2-16,19,31H,17-18,20-21H2,1H3,(H,35,38)(H,36,41)(H,39,40)/b16-15+. The maximum atomic E-state index is 14.0. The lowest BCUT2D eigenvalue weighted by atomic mass is 10.0. The number of benzene rings is 3. The summed E-state index contributed by atoms with van der Waals surface area (Å²) < 4.78 is 5.15. The molecule has 45 heavy (non-hydrogen) atoms. The molecule has 1 unspecified atom stereocenters. The molecule has 4 aromatic rings. The fourth-order valence-corrected chi connectivity index (χ4v) is 7.40. The van der Waals surface area contributed by atoms with Crippen molar-refractivity contribution in [1.82, 2.24) is 4.90 Å². The third-order valence-electron chi connectivity index (χ3n) is 7.08. The predicted octanol–water partition coefficient (Wildman–Crippen LogP) is 6.14. The lowest BCUT2D eigenvalue weighted by Crippen LogP contribution is -2.29. The van der Waals surface area contributed by atoms with Crippen molar-refractivity contribution in [1.29, 1.82) is 0 Å². The number of amides is 2. The Morgan fingerprint density at radius 1 is 0.978 bits per heavy atom. The van der Waals surface area contributed by atoms with Crippen LogP contribution in [-0.4, -0.2) is 47.4 Å². The molecule has 1 aliphatic heterocycles. The Balaban J connectivity index is 1.38.